The van der Waals surface area contributed by atoms with E-state index in [-0.39, 0.29) is 17.9 Å². The third-order valence-corrected chi connectivity index (χ3v) is 6.86. The zero-order chi connectivity index (χ0) is 23.0. The Morgan fingerprint density at radius 1 is 0.909 bits per heavy atom. The molecule has 2 heterocycles. The smallest absolute Gasteiger partial charge is 0.253 e. The highest BCUT2D eigenvalue weighted by atomic mass is 16.2. The molecule has 2 amide bonds. The first-order chi connectivity index (χ1) is 16.1. The second-order valence-corrected chi connectivity index (χ2v) is 9.11. The fraction of sp³-hybridized carbons (Fsp3) is 0.481. The first-order valence-electron chi connectivity index (χ1n) is 12.4. The Hall–Kier alpha value is -2.86. The van der Waals surface area contributed by atoms with Gasteiger partial charge in [0.1, 0.15) is 0 Å². The molecule has 176 valence electrons. The fourth-order valence-corrected chi connectivity index (χ4v) is 4.80. The zero-order valence-corrected chi connectivity index (χ0v) is 19.7. The van der Waals surface area contributed by atoms with Gasteiger partial charge in [0.2, 0.25) is 0 Å². The first-order valence-corrected chi connectivity index (χ1v) is 12.4. The molecular formula is C27H36N4O2. The monoisotopic (exact) mass is 448 g/mol. The lowest BCUT2D eigenvalue weighted by Crippen LogP contribution is -2.45. The molecular weight excluding hydrogens is 412 g/mol. The molecule has 2 aliphatic rings. The molecule has 0 saturated carbocycles. The summed E-state index contributed by atoms with van der Waals surface area (Å²) in [5.41, 5.74) is 3.66. The van der Waals surface area contributed by atoms with Crippen LogP contribution in [-0.4, -0.2) is 62.0 Å². The van der Waals surface area contributed by atoms with Gasteiger partial charge in [0.25, 0.3) is 11.8 Å². The Labute approximate surface area is 197 Å². The van der Waals surface area contributed by atoms with Gasteiger partial charge in [0, 0.05) is 43.5 Å². The van der Waals surface area contributed by atoms with Gasteiger partial charge in [-0.05, 0) is 75.0 Å². The Bertz CT molecular complexity index is 929. The van der Waals surface area contributed by atoms with Crippen molar-refractivity contribution in [1.29, 1.82) is 0 Å². The van der Waals surface area contributed by atoms with E-state index in [9.17, 15) is 9.59 Å². The number of likely N-dealkylation sites (tertiary alicyclic amines) is 1. The number of aryl methyl sites for hydroxylation is 1. The topological polar surface area (TPSA) is 64.7 Å². The molecule has 4 rings (SSSR count). The Balaban J connectivity index is 1.29. The third-order valence-electron chi connectivity index (χ3n) is 6.86. The predicted molar refractivity (Wildman–Crippen MR) is 133 cm³/mol. The summed E-state index contributed by atoms with van der Waals surface area (Å²) in [4.78, 5) is 30.2. The van der Waals surface area contributed by atoms with Gasteiger partial charge in [-0.25, -0.2) is 0 Å². The van der Waals surface area contributed by atoms with Gasteiger partial charge >= 0.3 is 0 Å². The van der Waals surface area contributed by atoms with E-state index in [1.807, 2.05) is 48.5 Å². The average molecular weight is 449 g/mol. The summed E-state index contributed by atoms with van der Waals surface area (Å²) in [6.07, 6.45) is 5.22. The molecule has 6 nitrogen and oxygen atoms in total. The van der Waals surface area contributed by atoms with Crippen molar-refractivity contribution >= 4 is 17.5 Å². The van der Waals surface area contributed by atoms with E-state index >= 15 is 0 Å². The number of amides is 2. The maximum atomic E-state index is 12.9. The largest absolute Gasteiger partial charge is 0.371 e. The number of nitrogens with zero attached hydrogens (tertiary/aromatic N) is 2. The summed E-state index contributed by atoms with van der Waals surface area (Å²) in [6.45, 7) is 7.62. The van der Waals surface area contributed by atoms with Gasteiger partial charge < -0.3 is 20.4 Å². The number of hydrogen-bond acceptors (Lipinski definition) is 4. The van der Waals surface area contributed by atoms with Crippen LogP contribution in [0.3, 0.4) is 0 Å². The van der Waals surface area contributed by atoms with Crippen molar-refractivity contribution in [2.45, 2.75) is 45.1 Å². The number of rotatable bonds is 8. The van der Waals surface area contributed by atoms with Crippen molar-refractivity contribution in [3.05, 3.63) is 65.2 Å². The van der Waals surface area contributed by atoms with Crippen LogP contribution in [0.15, 0.2) is 48.5 Å². The summed E-state index contributed by atoms with van der Waals surface area (Å²) in [5.74, 6) is -0.00960. The molecule has 6 heteroatoms. The van der Waals surface area contributed by atoms with Gasteiger partial charge in [-0.3, -0.25) is 9.59 Å². The molecule has 33 heavy (non-hydrogen) atoms. The van der Waals surface area contributed by atoms with E-state index in [4.69, 9.17) is 0 Å². The van der Waals surface area contributed by atoms with Crippen LogP contribution < -0.4 is 15.5 Å². The maximum Gasteiger partial charge on any atom is 0.253 e. The second kappa shape index (κ2) is 11.3. The van der Waals surface area contributed by atoms with Crippen molar-refractivity contribution in [2.24, 2.45) is 0 Å². The quantitative estimate of drug-likeness (QED) is 0.649. The lowest BCUT2D eigenvalue weighted by molar-refractivity contribution is 0.0929. The molecule has 0 radical (unpaired) electrons. The van der Waals surface area contributed by atoms with E-state index < -0.39 is 0 Å². The number of carbonyl (C=O) groups is 2. The van der Waals surface area contributed by atoms with Crippen LogP contribution in [0.4, 0.5) is 5.69 Å². The molecule has 2 saturated heterocycles. The average Bonchev–Trinajstić information content (AvgIpc) is 3.38. The molecule has 0 aliphatic carbocycles. The van der Waals surface area contributed by atoms with Crippen LogP contribution in [0.25, 0.3) is 0 Å². The van der Waals surface area contributed by atoms with Crippen molar-refractivity contribution in [3.8, 4) is 0 Å². The van der Waals surface area contributed by atoms with Gasteiger partial charge in [-0.15, -0.1) is 0 Å². The standard InChI is InChI=1S/C27H36N4O2/c1-2-21-9-11-22(12-10-21)26(32)29-23-13-18-31(19-14-23)25-8-4-3-7-24(25)27(33)28-15-20-30-16-5-6-17-30/h3-4,7-12,23H,2,5-6,13-20H2,1H3,(H,28,33)(H,29,32). The van der Waals surface area contributed by atoms with Crippen molar-refractivity contribution in [3.63, 3.8) is 0 Å². The lowest BCUT2D eigenvalue weighted by atomic mass is 10.0. The van der Waals surface area contributed by atoms with Crippen LogP contribution in [0.5, 0.6) is 0 Å². The first kappa shape index (κ1) is 23.3. The lowest BCUT2D eigenvalue weighted by Gasteiger charge is -2.35. The number of para-hydroxylation sites is 1. The SMILES string of the molecule is CCc1ccc(C(=O)NC2CCN(c3ccccc3C(=O)NCCN3CCCC3)CC2)cc1. The highest BCUT2D eigenvalue weighted by Crippen LogP contribution is 2.24. The number of benzene rings is 2. The number of carbonyl (C=O) groups excluding carboxylic acids is 2. The summed E-state index contributed by atoms with van der Waals surface area (Å²) < 4.78 is 0. The summed E-state index contributed by atoms with van der Waals surface area (Å²) in [7, 11) is 0. The molecule has 0 atom stereocenters. The van der Waals surface area contributed by atoms with Gasteiger partial charge in [-0.2, -0.15) is 0 Å². The highest BCUT2D eigenvalue weighted by Gasteiger charge is 2.24. The van der Waals surface area contributed by atoms with Crippen LogP contribution >= 0.6 is 0 Å². The molecule has 0 unspecified atom stereocenters. The third kappa shape index (κ3) is 6.14. The maximum absolute atomic E-state index is 12.9. The van der Waals surface area contributed by atoms with E-state index in [2.05, 4.69) is 27.4 Å². The molecule has 2 fully saturated rings. The Kier molecular flexibility index (Phi) is 8.00. The van der Waals surface area contributed by atoms with Crippen molar-refractivity contribution in [1.82, 2.24) is 15.5 Å². The molecule has 2 aromatic rings. The van der Waals surface area contributed by atoms with E-state index in [0.717, 1.165) is 63.2 Å². The normalized spacial score (nSPS) is 17.2. The summed E-state index contributed by atoms with van der Waals surface area (Å²) in [5, 5.41) is 6.29. The minimum Gasteiger partial charge on any atom is -0.371 e. The zero-order valence-electron chi connectivity index (χ0n) is 19.7. The molecule has 0 aromatic heterocycles. The number of anilines is 1. The number of nitrogens with one attached hydrogen (secondary N) is 2. The van der Waals surface area contributed by atoms with Crippen molar-refractivity contribution < 1.29 is 9.59 Å². The van der Waals surface area contributed by atoms with Crippen LogP contribution in [0.2, 0.25) is 0 Å². The second-order valence-electron chi connectivity index (χ2n) is 9.11. The van der Waals surface area contributed by atoms with E-state index in [1.165, 1.54) is 18.4 Å². The minimum absolute atomic E-state index is 0.00394. The van der Waals surface area contributed by atoms with Crippen molar-refractivity contribution in [2.75, 3.05) is 44.2 Å². The van der Waals surface area contributed by atoms with Gasteiger partial charge in [0.05, 0.1) is 5.56 Å². The predicted octanol–water partition coefficient (Wildman–Crippen LogP) is 3.47. The van der Waals surface area contributed by atoms with Gasteiger partial charge in [0.15, 0.2) is 0 Å². The molecule has 0 bridgehead atoms. The molecule has 2 N–H and O–H groups in total. The van der Waals surface area contributed by atoms with E-state index in [1.54, 1.807) is 0 Å². The summed E-state index contributed by atoms with van der Waals surface area (Å²) >= 11 is 0. The Morgan fingerprint density at radius 3 is 2.30 bits per heavy atom. The molecule has 2 aromatic carbocycles. The van der Waals surface area contributed by atoms with Crippen LogP contribution in [0, 0.1) is 0 Å². The van der Waals surface area contributed by atoms with Crippen LogP contribution in [0.1, 0.15) is 58.9 Å². The number of hydrogen-bond donors (Lipinski definition) is 2. The molecule has 2 aliphatic heterocycles. The van der Waals surface area contributed by atoms with Crippen LogP contribution in [-0.2, 0) is 6.42 Å². The minimum atomic E-state index is -0.00566. The van der Waals surface area contributed by atoms with E-state index in [0.29, 0.717) is 12.1 Å². The Morgan fingerprint density at radius 2 is 1.61 bits per heavy atom. The summed E-state index contributed by atoms with van der Waals surface area (Å²) in [6, 6.07) is 15.9. The fourth-order valence-electron chi connectivity index (χ4n) is 4.80. The molecule has 0 spiro atoms. The number of piperidine rings is 1. The highest BCUT2D eigenvalue weighted by molar-refractivity contribution is 5.99. The van der Waals surface area contributed by atoms with Gasteiger partial charge in [-0.1, -0.05) is 31.2 Å².